The average Bonchev–Trinajstić information content (AvgIpc) is 3.07. The van der Waals surface area contributed by atoms with E-state index in [1.165, 1.54) is 26.0 Å². The maximum atomic E-state index is 12.4. The fourth-order valence-corrected chi connectivity index (χ4v) is 3.02. The van der Waals surface area contributed by atoms with Crippen molar-refractivity contribution in [3.05, 3.63) is 23.8 Å². The van der Waals surface area contributed by atoms with Crippen molar-refractivity contribution in [2.45, 2.75) is 57.8 Å². The van der Waals surface area contributed by atoms with Crippen LogP contribution in [0.2, 0.25) is 0 Å². The summed E-state index contributed by atoms with van der Waals surface area (Å²) in [7, 11) is 3.26. The lowest BCUT2D eigenvalue weighted by Crippen LogP contribution is -2.46. The summed E-state index contributed by atoms with van der Waals surface area (Å²) in [6, 6.07) is 4.80. The van der Waals surface area contributed by atoms with Crippen LogP contribution in [0.5, 0.6) is 11.5 Å². The molecule has 2 rings (SSSR count). The molecular formula is C18H26F2N2O3. The van der Waals surface area contributed by atoms with Crippen molar-refractivity contribution in [3.8, 4) is 11.5 Å². The summed E-state index contributed by atoms with van der Waals surface area (Å²) in [5.74, 6) is 0.254. The van der Waals surface area contributed by atoms with E-state index in [-0.39, 0.29) is 29.5 Å². The largest absolute Gasteiger partial charge is 0.493 e. The molecule has 1 atom stereocenters. The Hall–Kier alpha value is -1.89. The molecule has 0 spiro atoms. The Bertz CT molecular complexity index is 577. The number of carbonyl (C=O) groups excluding carboxylic acids is 1. The quantitative estimate of drug-likeness (QED) is 0.777. The van der Waals surface area contributed by atoms with E-state index in [1.807, 2.05) is 18.9 Å². The molecule has 0 bridgehead atoms. The smallest absolute Gasteiger partial charge is 0.387 e. The van der Waals surface area contributed by atoms with Gasteiger partial charge < -0.3 is 14.8 Å². The van der Waals surface area contributed by atoms with Gasteiger partial charge in [0.2, 0.25) is 5.91 Å². The SMILES string of the molecule is COc1cc(CN(C)[C@H](C)C(=O)NC2CCCC2)ccc1OC(F)F. The summed E-state index contributed by atoms with van der Waals surface area (Å²) in [6.07, 6.45) is 4.43. The third-order valence-corrected chi connectivity index (χ3v) is 4.62. The van der Waals surface area contributed by atoms with Gasteiger partial charge in [0.15, 0.2) is 11.5 Å². The average molecular weight is 356 g/mol. The number of likely N-dealkylation sites (N-methyl/N-ethyl adjacent to an activating group) is 1. The summed E-state index contributed by atoms with van der Waals surface area (Å²) >= 11 is 0. The summed E-state index contributed by atoms with van der Waals surface area (Å²) in [5.41, 5.74) is 0.849. The standard InChI is InChI=1S/C18H26F2N2O3/c1-12(17(23)21-14-6-4-5-7-14)22(2)11-13-8-9-15(25-18(19)20)16(10-13)24-3/h8-10,12,14,18H,4-7,11H2,1-3H3,(H,21,23)/t12-/m1/s1. The molecule has 1 aliphatic carbocycles. The van der Waals surface area contributed by atoms with Crippen LogP contribution in [-0.4, -0.2) is 43.7 Å². The van der Waals surface area contributed by atoms with Gasteiger partial charge in [0, 0.05) is 12.6 Å². The zero-order chi connectivity index (χ0) is 18.4. The lowest BCUT2D eigenvalue weighted by atomic mass is 10.1. The van der Waals surface area contributed by atoms with Crippen molar-refractivity contribution < 1.29 is 23.0 Å². The van der Waals surface area contributed by atoms with Crippen LogP contribution in [0, 0.1) is 0 Å². The molecule has 0 saturated heterocycles. The molecule has 0 aliphatic heterocycles. The van der Waals surface area contributed by atoms with Gasteiger partial charge >= 0.3 is 6.61 Å². The van der Waals surface area contributed by atoms with Gasteiger partial charge in [0.05, 0.1) is 13.2 Å². The number of hydrogen-bond donors (Lipinski definition) is 1. The van der Waals surface area contributed by atoms with Crippen LogP contribution in [0.4, 0.5) is 8.78 Å². The molecule has 0 radical (unpaired) electrons. The van der Waals surface area contributed by atoms with Crippen LogP contribution < -0.4 is 14.8 Å². The maximum absolute atomic E-state index is 12.4. The number of halogens is 2. The highest BCUT2D eigenvalue weighted by Gasteiger charge is 2.23. The molecule has 0 heterocycles. The monoisotopic (exact) mass is 356 g/mol. The van der Waals surface area contributed by atoms with Crippen LogP contribution in [0.15, 0.2) is 18.2 Å². The van der Waals surface area contributed by atoms with Gasteiger partial charge in [-0.2, -0.15) is 8.78 Å². The maximum Gasteiger partial charge on any atom is 0.387 e. The minimum absolute atomic E-state index is 0.00377. The molecule has 0 aromatic heterocycles. The van der Waals surface area contributed by atoms with E-state index in [4.69, 9.17) is 4.74 Å². The third-order valence-electron chi connectivity index (χ3n) is 4.62. The number of nitrogens with one attached hydrogen (secondary N) is 1. The normalized spacial score (nSPS) is 16.3. The van der Waals surface area contributed by atoms with E-state index in [1.54, 1.807) is 12.1 Å². The van der Waals surface area contributed by atoms with Gasteiger partial charge in [-0.05, 0) is 44.5 Å². The summed E-state index contributed by atoms with van der Waals surface area (Å²) < 4.78 is 34.3. The van der Waals surface area contributed by atoms with Crippen LogP contribution in [-0.2, 0) is 11.3 Å². The Morgan fingerprint density at radius 1 is 1.32 bits per heavy atom. The lowest BCUT2D eigenvalue weighted by Gasteiger charge is -2.25. The predicted molar refractivity (Wildman–Crippen MR) is 91.0 cm³/mol. The van der Waals surface area contributed by atoms with Crippen molar-refractivity contribution in [3.63, 3.8) is 0 Å². The van der Waals surface area contributed by atoms with Gasteiger partial charge in [0.25, 0.3) is 0 Å². The van der Waals surface area contributed by atoms with Crippen molar-refractivity contribution in [1.82, 2.24) is 10.2 Å². The number of rotatable bonds is 8. The summed E-state index contributed by atoms with van der Waals surface area (Å²) in [5, 5.41) is 3.09. The van der Waals surface area contributed by atoms with E-state index in [9.17, 15) is 13.6 Å². The van der Waals surface area contributed by atoms with E-state index in [0.717, 1.165) is 18.4 Å². The number of nitrogens with zero attached hydrogens (tertiary/aromatic N) is 1. The Morgan fingerprint density at radius 2 is 2.00 bits per heavy atom. The Labute approximate surface area is 147 Å². The number of carbonyl (C=O) groups is 1. The first-order valence-corrected chi connectivity index (χ1v) is 8.53. The molecule has 1 amide bonds. The molecular weight excluding hydrogens is 330 g/mol. The van der Waals surface area contributed by atoms with E-state index >= 15 is 0 Å². The van der Waals surface area contributed by atoms with E-state index in [0.29, 0.717) is 6.54 Å². The first kappa shape index (κ1) is 19.4. The topological polar surface area (TPSA) is 50.8 Å². The van der Waals surface area contributed by atoms with Crippen LogP contribution in [0.25, 0.3) is 0 Å². The van der Waals surface area contributed by atoms with E-state index < -0.39 is 6.61 Å². The lowest BCUT2D eigenvalue weighted by molar-refractivity contribution is -0.126. The molecule has 5 nitrogen and oxygen atoms in total. The summed E-state index contributed by atoms with van der Waals surface area (Å²) in [6.45, 7) is -0.554. The van der Waals surface area contributed by atoms with Crippen molar-refractivity contribution in [1.29, 1.82) is 0 Å². The minimum atomic E-state index is -2.90. The Morgan fingerprint density at radius 3 is 2.60 bits per heavy atom. The van der Waals surface area contributed by atoms with Crippen molar-refractivity contribution >= 4 is 5.91 Å². The molecule has 7 heteroatoms. The van der Waals surface area contributed by atoms with Gasteiger partial charge in [0.1, 0.15) is 0 Å². The third kappa shape index (κ3) is 5.56. The first-order chi connectivity index (χ1) is 11.9. The fraction of sp³-hybridized carbons (Fsp3) is 0.611. The number of methoxy groups -OCH3 is 1. The van der Waals surface area contributed by atoms with E-state index in [2.05, 4.69) is 10.1 Å². The molecule has 1 aliphatic rings. The second-order valence-electron chi connectivity index (χ2n) is 6.44. The predicted octanol–water partition coefficient (Wildman–Crippen LogP) is 3.18. The number of amides is 1. The molecule has 1 aromatic carbocycles. The first-order valence-electron chi connectivity index (χ1n) is 8.53. The van der Waals surface area contributed by atoms with Crippen LogP contribution in [0.3, 0.4) is 0 Å². The van der Waals surface area contributed by atoms with Crippen molar-refractivity contribution in [2.24, 2.45) is 0 Å². The Kier molecular flexibility index (Phi) is 6.99. The second-order valence-corrected chi connectivity index (χ2v) is 6.44. The van der Waals surface area contributed by atoms with Crippen molar-refractivity contribution in [2.75, 3.05) is 14.2 Å². The number of hydrogen-bond acceptors (Lipinski definition) is 4. The fourth-order valence-electron chi connectivity index (χ4n) is 3.02. The highest BCUT2D eigenvalue weighted by Crippen LogP contribution is 2.30. The zero-order valence-corrected chi connectivity index (χ0v) is 14.9. The van der Waals surface area contributed by atoms with Gasteiger partial charge in [-0.1, -0.05) is 18.9 Å². The van der Waals surface area contributed by atoms with Gasteiger partial charge in [-0.15, -0.1) is 0 Å². The number of benzene rings is 1. The highest BCUT2D eigenvalue weighted by atomic mass is 19.3. The number of ether oxygens (including phenoxy) is 2. The summed E-state index contributed by atoms with van der Waals surface area (Å²) in [4.78, 5) is 14.3. The molecule has 0 unspecified atom stereocenters. The highest BCUT2D eigenvalue weighted by molar-refractivity contribution is 5.81. The Balaban J connectivity index is 1.96. The molecule has 1 aromatic rings. The second kappa shape index (κ2) is 8.99. The molecule has 1 saturated carbocycles. The van der Waals surface area contributed by atoms with Gasteiger partial charge in [-0.25, -0.2) is 0 Å². The molecule has 140 valence electrons. The molecule has 1 fully saturated rings. The molecule has 1 N–H and O–H groups in total. The number of alkyl halides is 2. The zero-order valence-electron chi connectivity index (χ0n) is 14.9. The van der Waals surface area contributed by atoms with Crippen LogP contribution in [0.1, 0.15) is 38.2 Å². The van der Waals surface area contributed by atoms with Gasteiger partial charge in [-0.3, -0.25) is 9.69 Å². The minimum Gasteiger partial charge on any atom is -0.493 e. The van der Waals surface area contributed by atoms with Crippen LogP contribution >= 0.6 is 0 Å². The molecule has 25 heavy (non-hydrogen) atoms.